The number of nitrogen functional groups attached to an aromatic ring is 1. The van der Waals surface area contributed by atoms with Gasteiger partial charge in [-0.1, -0.05) is 24.8 Å². The van der Waals surface area contributed by atoms with Crippen LogP contribution in [0.2, 0.25) is 0 Å². The van der Waals surface area contributed by atoms with E-state index in [1.54, 1.807) is 18.2 Å². The molecule has 31 heavy (non-hydrogen) atoms. The van der Waals surface area contributed by atoms with E-state index in [2.05, 4.69) is 23.8 Å². The molecule has 2 saturated heterocycles. The van der Waals surface area contributed by atoms with Crippen molar-refractivity contribution >= 4 is 17.2 Å². The number of amides is 1. The number of alkyl halides is 3. The van der Waals surface area contributed by atoms with Crippen LogP contribution >= 0.6 is 0 Å². The molecule has 2 unspecified atom stereocenters. The summed E-state index contributed by atoms with van der Waals surface area (Å²) in [4.78, 5) is 15.3. The van der Waals surface area contributed by atoms with Crippen LogP contribution in [0.3, 0.4) is 0 Å². The lowest BCUT2D eigenvalue weighted by atomic mass is 9.95. The Morgan fingerprint density at radius 1 is 1.06 bits per heavy atom. The van der Waals surface area contributed by atoms with E-state index in [-0.39, 0.29) is 17.5 Å². The summed E-state index contributed by atoms with van der Waals surface area (Å²) in [5.74, 6) is -0.259. The number of piperidine rings is 1. The lowest BCUT2D eigenvalue weighted by Gasteiger charge is -2.36. The van der Waals surface area contributed by atoms with Gasteiger partial charge in [-0.15, -0.1) is 0 Å². The Kier molecular flexibility index (Phi) is 5.56. The van der Waals surface area contributed by atoms with Crippen molar-refractivity contribution in [1.82, 2.24) is 10.2 Å². The number of hydrogen-bond donors (Lipinski definition) is 2. The van der Waals surface area contributed by atoms with Crippen molar-refractivity contribution in [2.75, 3.05) is 12.8 Å². The van der Waals surface area contributed by atoms with Crippen LogP contribution in [0, 0.1) is 0 Å². The number of carbonyl (C=O) groups is 1. The third-order valence-electron chi connectivity index (χ3n) is 6.63. The molecule has 2 aliphatic rings. The van der Waals surface area contributed by atoms with E-state index in [9.17, 15) is 18.0 Å². The minimum Gasteiger partial charge on any atom is -0.398 e. The third kappa shape index (κ3) is 4.32. The molecule has 0 radical (unpaired) electrons. The number of carbonyl (C=O) groups excluding carboxylic acids is 1. The van der Waals surface area contributed by atoms with Gasteiger partial charge in [0.15, 0.2) is 0 Å². The van der Waals surface area contributed by atoms with Gasteiger partial charge in [-0.2, -0.15) is 13.2 Å². The molecule has 0 spiro atoms. The number of anilines is 1. The van der Waals surface area contributed by atoms with Gasteiger partial charge in [-0.25, -0.2) is 0 Å². The van der Waals surface area contributed by atoms with Gasteiger partial charge in [0.05, 0.1) is 5.56 Å². The number of benzene rings is 2. The van der Waals surface area contributed by atoms with E-state index in [1.165, 1.54) is 12.1 Å². The predicted octanol–water partition coefficient (Wildman–Crippen LogP) is 4.71. The number of hydrogen-bond acceptors (Lipinski definition) is 3. The summed E-state index contributed by atoms with van der Waals surface area (Å²) < 4.78 is 38.5. The summed E-state index contributed by atoms with van der Waals surface area (Å²) in [5.41, 5.74) is 7.82. The lowest BCUT2D eigenvalue weighted by Crippen LogP contribution is -2.48. The average Bonchev–Trinajstić information content (AvgIpc) is 2.94. The van der Waals surface area contributed by atoms with Crippen molar-refractivity contribution in [2.45, 2.75) is 50.0 Å². The summed E-state index contributed by atoms with van der Waals surface area (Å²) in [6.07, 6.45) is -0.210. The van der Waals surface area contributed by atoms with Gasteiger partial charge in [-0.05, 0) is 68.1 Å². The standard InChI is InChI=1S/C24H26F3N3O/c1-14(23(31)29-18-12-19-8-9-20(13-18)30(19)2)21-11-16(5-10-22(21)28)15-3-6-17(7-4-15)24(25,26)27/h3-7,10-11,18-20H,1,8-9,12-13,28H2,2H3,(H,29,31). The van der Waals surface area contributed by atoms with Crippen LogP contribution in [0.25, 0.3) is 16.7 Å². The normalized spacial score (nSPS) is 23.5. The quantitative estimate of drug-likeness (QED) is 0.547. The number of nitrogens with two attached hydrogens (primary N) is 1. The number of halogens is 3. The summed E-state index contributed by atoms with van der Waals surface area (Å²) >= 11 is 0. The SMILES string of the molecule is C=C(C(=O)NC1CC2CCC(C1)N2C)c1cc(-c2ccc(C(F)(F)F)cc2)ccc1N. The molecule has 164 valence electrons. The van der Waals surface area contributed by atoms with E-state index >= 15 is 0 Å². The maximum atomic E-state index is 12.9. The highest BCUT2D eigenvalue weighted by atomic mass is 19.4. The Morgan fingerprint density at radius 3 is 2.23 bits per heavy atom. The number of nitrogens with one attached hydrogen (secondary N) is 1. The molecule has 3 N–H and O–H groups in total. The molecule has 2 aromatic rings. The first-order valence-electron chi connectivity index (χ1n) is 10.4. The maximum absolute atomic E-state index is 12.9. The molecular weight excluding hydrogens is 403 g/mol. The van der Waals surface area contributed by atoms with E-state index in [0.717, 1.165) is 37.8 Å². The van der Waals surface area contributed by atoms with Gasteiger partial charge in [0.2, 0.25) is 0 Å². The molecule has 2 atom stereocenters. The van der Waals surface area contributed by atoms with E-state index < -0.39 is 11.7 Å². The first-order chi connectivity index (χ1) is 14.6. The monoisotopic (exact) mass is 429 g/mol. The van der Waals surface area contributed by atoms with Crippen LogP contribution in [-0.2, 0) is 11.0 Å². The molecule has 2 fully saturated rings. The molecule has 4 rings (SSSR count). The number of nitrogens with zero attached hydrogens (tertiary/aromatic N) is 1. The molecule has 0 saturated carbocycles. The zero-order valence-electron chi connectivity index (χ0n) is 17.4. The van der Waals surface area contributed by atoms with Crippen LogP contribution in [-0.4, -0.2) is 36.0 Å². The average molecular weight is 429 g/mol. The molecule has 2 bridgehead atoms. The van der Waals surface area contributed by atoms with E-state index in [4.69, 9.17) is 5.73 Å². The predicted molar refractivity (Wildman–Crippen MR) is 116 cm³/mol. The van der Waals surface area contributed by atoms with Crippen LogP contribution in [0.15, 0.2) is 49.0 Å². The minimum absolute atomic E-state index is 0.109. The van der Waals surface area contributed by atoms with Crippen LogP contribution in [0.1, 0.15) is 36.8 Å². The molecule has 0 aromatic heterocycles. The molecule has 7 heteroatoms. The van der Waals surface area contributed by atoms with Crippen molar-refractivity contribution in [3.8, 4) is 11.1 Å². The van der Waals surface area contributed by atoms with Crippen LogP contribution in [0.5, 0.6) is 0 Å². The van der Waals surface area contributed by atoms with Crippen molar-refractivity contribution < 1.29 is 18.0 Å². The molecule has 0 aliphatic carbocycles. The fourth-order valence-electron chi connectivity index (χ4n) is 4.77. The second-order valence-corrected chi connectivity index (χ2v) is 8.55. The molecule has 2 aromatic carbocycles. The van der Waals surface area contributed by atoms with E-state index in [0.29, 0.717) is 34.5 Å². The molecule has 2 heterocycles. The second-order valence-electron chi connectivity index (χ2n) is 8.55. The topological polar surface area (TPSA) is 58.4 Å². The summed E-state index contributed by atoms with van der Waals surface area (Å²) in [5, 5.41) is 3.10. The summed E-state index contributed by atoms with van der Waals surface area (Å²) in [7, 11) is 2.15. The summed E-state index contributed by atoms with van der Waals surface area (Å²) in [6.45, 7) is 3.95. The van der Waals surface area contributed by atoms with Gasteiger partial charge in [0.25, 0.3) is 5.91 Å². The Hall–Kier alpha value is -2.80. The Bertz CT molecular complexity index is 986. The third-order valence-corrected chi connectivity index (χ3v) is 6.63. The van der Waals surface area contributed by atoms with Gasteiger partial charge in [0.1, 0.15) is 0 Å². The Morgan fingerprint density at radius 2 is 1.65 bits per heavy atom. The number of rotatable bonds is 4. The highest BCUT2D eigenvalue weighted by molar-refractivity contribution is 6.20. The van der Waals surface area contributed by atoms with Crippen molar-refractivity contribution in [2.24, 2.45) is 0 Å². The zero-order valence-corrected chi connectivity index (χ0v) is 17.4. The van der Waals surface area contributed by atoms with Crippen molar-refractivity contribution in [1.29, 1.82) is 0 Å². The second kappa shape index (κ2) is 8.04. The molecule has 4 nitrogen and oxygen atoms in total. The van der Waals surface area contributed by atoms with E-state index in [1.807, 2.05) is 0 Å². The van der Waals surface area contributed by atoms with Crippen molar-refractivity contribution in [3.05, 3.63) is 60.2 Å². The minimum atomic E-state index is -4.38. The first kappa shape index (κ1) is 21.4. The van der Waals surface area contributed by atoms with Gasteiger partial charge in [-0.3, -0.25) is 4.79 Å². The Balaban J connectivity index is 1.50. The van der Waals surface area contributed by atoms with Crippen LogP contribution in [0.4, 0.5) is 18.9 Å². The summed E-state index contributed by atoms with van der Waals surface area (Å²) in [6, 6.07) is 11.1. The highest BCUT2D eigenvalue weighted by Gasteiger charge is 2.39. The lowest BCUT2D eigenvalue weighted by molar-refractivity contribution is -0.137. The fraction of sp³-hybridized carbons (Fsp3) is 0.375. The molecule has 2 aliphatic heterocycles. The molecule has 1 amide bonds. The zero-order chi connectivity index (χ0) is 22.3. The van der Waals surface area contributed by atoms with Crippen molar-refractivity contribution in [3.63, 3.8) is 0 Å². The number of fused-ring (bicyclic) bond motifs is 2. The van der Waals surface area contributed by atoms with Crippen LogP contribution < -0.4 is 11.1 Å². The smallest absolute Gasteiger partial charge is 0.398 e. The van der Waals surface area contributed by atoms with Gasteiger partial charge < -0.3 is 16.0 Å². The largest absolute Gasteiger partial charge is 0.416 e. The Labute approximate surface area is 179 Å². The highest BCUT2D eigenvalue weighted by Crippen LogP contribution is 2.35. The molecular formula is C24H26F3N3O. The first-order valence-corrected chi connectivity index (χ1v) is 10.4. The fourth-order valence-corrected chi connectivity index (χ4v) is 4.77. The van der Waals surface area contributed by atoms with Gasteiger partial charge in [0, 0.05) is 34.9 Å². The van der Waals surface area contributed by atoms with Gasteiger partial charge >= 0.3 is 6.18 Å². The maximum Gasteiger partial charge on any atom is 0.416 e.